The molecule has 0 atom stereocenters. The van der Waals surface area contributed by atoms with E-state index < -0.39 is 4.92 Å². The molecule has 0 aliphatic heterocycles. The molecule has 0 amide bonds. The summed E-state index contributed by atoms with van der Waals surface area (Å²) >= 11 is 5.27. The van der Waals surface area contributed by atoms with E-state index in [-0.39, 0.29) is 16.5 Å². The molecule has 0 unspecified atom stereocenters. The summed E-state index contributed by atoms with van der Waals surface area (Å²) in [5.41, 5.74) is 1.86. The number of nitrogens with one attached hydrogen (secondary N) is 2. The second kappa shape index (κ2) is 8.29. The van der Waals surface area contributed by atoms with E-state index in [4.69, 9.17) is 21.7 Å². The van der Waals surface area contributed by atoms with Crippen molar-refractivity contribution in [2.24, 2.45) is 0 Å². The van der Waals surface area contributed by atoms with E-state index in [1.807, 2.05) is 32.0 Å². The van der Waals surface area contributed by atoms with Crippen molar-refractivity contribution in [3.05, 3.63) is 52.1 Å². The monoisotopic (exact) mass is 361 g/mol. The van der Waals surface area contributed by atoms with E-state index in [2.05, 4.69) is 10.6 Å². The molecule has 2 aromatic carbocycles. The van der Waals surface area contributed by atoms with Crippen LogP contribution in [0.3, 0.4) is 0 Å². The molecule has 0 radical (unpaired) electrons. The molecule has 2 aromatic rings. The number of nitro benzene ring substituents is 1. The molecule has 0 aliphatic carbocycles. The second-order valence-corrected chi connectivity index (χ2v) is 5.56. The Hall–Kier alpha value is -2.87. The van der Waals surface area contributed by atoms with Gasteiger partial charge in [-0.1, -0.05) is 6.07 Å². The van der Waals surface area contributed by atoms with Gasteiger partial charge in [0.25, 0.3) is 5.69 Å². The van der Waals surface area contributed by atoms with Crippen LogP contribution < -0.4 is 20.1 Å². The number of thiocarbonyl (C=S) groups is 1. The van der Waals surface area contributed by atoms with Crippen molar-refractivity contribution in [3.8, 4) is 11.5 Å². The molecule has 2 rings (SSSR count). The smallest absolute Gasteiger partial charge is 0.296 e. The van der Waals surface area contributed by atoms with Gasteiger partial charge in [-0.15, -0.1) is 0 Å². The zero-order chi connectivity index (χ0) is 18.4. The average molecular weight is 361 g/mol. The van der Waals surface area contributed by atoms with Crippen molar-refractivity contribution < 1.29 is 14.4 Å². The minimum atomic E-state index is -0.485. The summed E-state index contributed by atoms with van der Waals surface area (Å²) in [6.45, 7) is 4.18. The summed E-state index contributed by atoms with van der Waals surface area (Å²) in [5.74, 6) is 1.05. The van der Waals surface area contributed by atoms with E-state index in [0.29, 0.717) is 23.8 Å². The molecule has 0 aliphatic rings. The molecule has 0 fully saturated rings. The van der Waals surface area contributed by atoms with Gasteiger partial charge in [0, 0.05) is 0 Å². The maximum absolute atomic E-state index is 11.3. The molecule has 0 saturated heterocycles. The van der Waals surface area contributed by atoms with Gasteiger partial charge in [-0.05, 0) is 55.9 Å². The Kier molecular flexibility index (Phi) is 6.13. The lowest BCUT2D eigenvalue weighted by Crippen LogP contribution is -2.20. The molecule has 7 nitrogen and oxygen atoms in total. The maximum atomic E-state index is 11.3. The third-order valence-corrected chi connectivity index (χ3v) is 3.53. The first-order valence-corrected chi connectivity index (χ1v) is 7.99. The van der Waals surface area contributed by atoms with Gasteiger partial charge in [-0.25, -0.2) is 0 Å². The molecular weight excluding hydrogens is 342 g/mol. The van der Waals surface area contributed by atoms with Crippen LogP contribution in [0.2, 0.25) is 0 Å². The van der Waals surface area contributed by atoms with Crippen LogP contribution in [0.15, 0.2) is 36.4 Å². The Morgan fingerprint density at radius 2 is 1.92 bits per heavy atom. The minimum Gasteiger partial charge on any atom is -0.495 e. The topological polar surface area (TPSA) is 85.7 Å². The highest BCUT2D eigenvalue weighted by atomic mass is 32.1. The second-order valence-electron chi connectivity index (χ2n) is 5.15. The van der Waals surface area contributed by atoms with Gasteiger partial charge in [0.1, 0.15) is 17.2 Å². The summed E-state index contributed by atoms with van der Waals surface area (Å²) in [6.07, 6.45) is 0. The van der Waals surface area contributed by atoms with Gasteiger partial charge in [-0.3, -0.25) is 10.1 Å². The number of hydrogen-bond acceptors (Lipinski definition) is 5. The van der Waals surface area contributed by atoms with Gasteiger partial charge in [0.05, 0.1) is 30.4 Å². The van der Waals surface area contributed by atoms with E-state index in [1.54, 1.807) is 19.2 Å². The lowest BCUT2D eigenvalue weighted by molar-refractivity contribution is -0.384. The molecule has 2 N–H and O–H groups in total. The number of nitro groups is 1. The SMILES string of the molecule is CCOc1ccc(NC(=S)Nc2cc(C)ccc2OC)c([N+](=O)[O-])c1. The first kappa shape index (κ1) is 18.5. The van der Waals surface area contributed by atoms with Crippen LogP contribution >= 0.6 is 12.2 Å². The third-order valence-electron chi connectivity index (χ3n) is 3.33. The van der Waals surface area contributed by atoms with E-state index in [1.165, 1.54) is 6.07 Å². The van der Waals surface area contributed by atoms with Gasteiger partial charge in [-0.2, -0.15) is 0 Å². The van der Waals surface area contributed by atoms with Gasteiger partial charge < -0.3 is 20.1 Å². The van der Waals surface area contributed by atoms with Crippen LogP contribution in [0.4, 0.5) is 17.1 Å². The fraction of sp³-hybridized carbons (Fsp3) is 0.235. The van der Waals surface area contributed by atoms with Crippen molar-refractivity contribution in [2.45, 2.75) is 13.8 Å². The lowest BCUT2D eigenvalue weighted by Gasteiger charge is -2.14. The lowest BCUT2D eigenvalue weighted by atomic mass is 10.2. The first-order valence-electron chi connectivity index (χ1n) is 7.58. The Bertz CT molecular complexity index is 795. The number of aryl methyl sites for hydroxylation is 1. The number of methoxy groups -OCH3 is 1. The van der Waals surface area contributed by atoms with Crippen LogP contribution in [0.5, 0.6) is 11.5 Å². The highest BCUT2D eigenvalue weighted by Gasteiger charge is 2.17. The number of hydrogen-bond donors (Lipinski definition) is 2. The highest BCUT2D eigenvalue weighted by molar-refractivity contribution is 7.80. The van der Waals surface area contributed by atoms with Crippen molar-refractivity contribution >= 4 is 34.4 Å². The molecule has 25 heavy (non-hydrogen) atoms. The van der Waals surface area contributed by atoms with E-state index in [0.717, 1.165) is 5.56 Å². The van der Waals surface area contributed by atoms with Crippen molar-refractivity contribution in [3.63, 3.8) is 0 Å². The van der Waals surface area contributed by atoms with Crippen LogP contribution in [-0.2, 0) is 0 Å². The summed E-state index contributed by atoms with van der Waals surface area (Å²) < 4.78 is 10.6. The van der Waals surface area contributed by atoms with Crippen LogP contribution in [-0.4, -0.2) is 23.8 Å². The molecule has 0 spiro atoms. The summed E-state index contributed by atoms with van der Waals surface area (Å²) in [6, 6.07) is 10.2. The molecule has 8 heteroatoms. The summed E-state index contributed by atoms with van der Waals surface area (Å²) in [5, 5.41) is 17.4. The standard InChI is InChI=1S/C17H19N3O4S/c1-4-24-12-6-7-13(15(10-12)20(21)22)18-17(25)19-14-9-11(2)5-8-16(14)23-3/h5-10H,4H2,1-3H3,(H2,18,19,25). The normalized spacial score (nSPS) is 10.0. The first-order chi connectivity index (χ1) is 11.9. The minimum absolute atomic E-state index is 0.119. The highest BCUT2D eigenvalue weighted by Crippen LogP contribution is 2.30. The average Bonchev–Trinajstić information content (AvgIpc) is 2.56. The molecule has 0 bridgehead atoms. The Morgan fingerprint density at radius 1 is 1.20 bits per heavy atom. The van der Waals surface area contributed by atoms with Crippen molar-refractivity contribution in [2.75, 3.05) is 24.4 Å². The Labute approximate surface area is 151 Å². The number of nitrogens with zero attached hydrogens (tertiary/aromatic N) is 1. The quantitative estimate of drug-likeness (QED) is 0.455. The van der Waals surface area contributed by atoms with E-state index >= 15 is 0 Å². The van der Waals surface area contributed by atoms with E-state index in [9.17, 15) is 10.1 Å². The predicted octanol–water partition coefficient (Wildman–Crippen LogP) is 4.12. The molecule has 0 saturated carbocycles. The fourth-order valence-electron chi connectivity index (χ4n) is 2.22. The zero-order valence-electron chi connectivity index (χ0n) is 14.2. The Morgan fingerprint density at radius 3 is 2.56 bits per heavy atom. The van der Waals surface area contributed by atoms with Gasteiger partial charge >= 0.3 is 0 Å². The van der Waals surface area contributed by atoms with Crippen LogP contribution in [0, 0.1) is 17.0 Å². The maximum Gasteiger partial charge on any atom is 0.296 e. The predicted molar refractivity (Wildman–Crippen MR) is 102 cm³/mol. The molecule has 132 valence electrons. The largest absolute Gasteiger partial charge is 0.495 e. The van der Waals surface area contributed by atoms with Crippen molar-refractivity contribution in [1.82, 2.24) is 0 Å². The Balaban J connectivity index is 2.20. The third kappa shape index (κ3) is 4.80. The number of rotatable bonds is 6. The van der Waals surface area contributed by atoms with Crippen molar-refractivity contribution in [1.29, 1.82) is 0 Å². The summed E-state index contributed by atoms with van der Waals surface area (Å²) in [4.78, 5) is 10.8. The molecule has 0 heterocycles. The van der Waals surface area contributed by atoms with Gasteiger partial charge in [0.2, 0.25) is 0 Å². The molecular formula is C17H19N3O4S. The summed E-state index contributed by atoms with van der Waals surface area (Å²) in [7, 11) is 1.56. The number of anilines is 2. The zero-order valence-corrected chi connectivity index (χ0v) is 15.0. The van der Waals surface area contributed by atoms with Crippen LogP contribution in [0.25, 0.3) is 0 Å². The molecule has 0 aromatic heterocycles. The van der Waals surface area contributed by atoms with Crippen LogP contribution in [0.1, 0.15) is 12.5 Å². The number of benzene rings is 2. The van der Waals surface area contributed by atoms with Gasteiger partial charge in [0.15, 0.2) is 5.11 Å². The number of ether oxygens (including phenoxy) is 2. The fourth-order valence-corrected chi connectivity index (χ4v) is 2.44.